The molecule has 0 aliphatic carbocycles. The van der Waals surface area contributed by atoms with Crippen molar-refractivity contribution in [1.29, 1.82) is 0 Å². The highest BCUT2D eigenvalue weighted by Crippen LogP contribution is 2.10. The van der Waals surface area contributed by atoms with E-state index in [9.17, 15) is 4.79 Å². The van der Waals surface area contributed by atoms with Gasteiger partial charge in [-0.1, -0.05) is 23.7 Å². The first-order valence-corrected chi connectivity index (χ1v) is 7.76. The van der Waals surface area contributed by atoms with E-state index in [1.54, 1.807) is 7.05 Å². The molecule has 0 heterocycles. The van der Waals surface area contributed by atoms with E-state index in [0.29, 0.717) is 26.0 Å². The summed E-state index contributed by atoms with van der Waals surface area (Å²) in [6, 6.07) is 7.74. The van der Waals surface area contributed by atoms with Gasteiger partial charge in [0.2, 0.25) is 0 Å². The van der Waals surface area contributed by atoms with E-state index in [1.165, 1.54) is 0 Å². The van der Waals surface area contributed by atoms with Crippen molar-refractivity contribution in [2.45, 2.75) is 26.3 Å². The minimum atomic E-state index is -0.159. The molecule has 0 radical (unpaired) electrons. The highest BCUT2D eigenvalue weighted by Gasteiger charge is 2.07. The number of nitrogens with zero attached hydrogens (tertiary/aromatic N) is 2. The number of ether oxygens (including phenoxy) is 1. The molecule has 0 spiro atoms. The van der Waals surface area contributed by atoms with Crippen LogP contribution in [-0.2, 0) is 16.1 Å². The van der Waals surface area contributed by atoms with Crippen molar-refractivity contribution in [3.05, 3.63) is 34.9 Å². The number of carbonyl (C=O) groups excluding carboxylic acids is 1. The van der Waals surface area contributed by atoms with E-state index in [-0.39, 0.29) is 29.9 Å². The lowest BCUT2D eigenvalue weighted by Gasteiger charge is -2.22. The predicted molar refractivity (Wildman–Crippen MR) is 106 cm³/mol. The van der Waals surface area contributed by atoms with Crippen molar-refractivity contribution in [3.63, 3.8) is 0 Å². The molecule has 0 unspecified atom stereocenters. The predicted octanol–water partition coefficient (Wildman–Crippen LogP) is 3.31. The Kier molecular flexibility index (Phi) is 11.9. The quantitative estimate of drug-likeness (QED) is 0.226. The van der Waals surface area contributed by atoms with E-state index in [4.69, 9.17) is 16.3 Å². The van der Waals surface area contributed by atoms with Crippen LogP contribution < -0.4 is 5.32 Å². The van der Waals surface area contributed by atoms with Gasteiger partial charge in [0.1, 0.15) is 0 Å². The number of carbonyl (C=O) groups is 1. The molecule has 1 N–H and O–H groups in total. The van der Waals surface area contributed by atoms with Gasteiger partial charge in [-0.25, -0.2) is 0 Å². The highest BCUT2D eigenvalue weighted by molar-refractivity contribution is 14.0. The second-order valence-corrected chi connectivity index (χ2v) is 5.30. The van der Waals surface area contributed by atoms with Crippen molar-refractivity contribution in [2.75, 3.05) is 27.2 Å². The van der Waals surface area contributed by atoms with Gasteiger partial charge in [0.05, 0.1) is 6.61 Å². The number of hydrogen-bond donors (Lipinski definition) is 1. The SMILES string of the molecule is CCOC(=O)CCCNC(=NC)N(C)Cc1ccc(Cl)cc1.I. The fraction of sp³-hybridized carbons (Fsp3) is 0.500. The van der Waals surface area contributed by atoms with Crippen LogP contribution in [0.1, 0.15) is 25.3 Å². The molecule has 0 atom stereocenters. The molecular formula is C16H25ClIN3O2. The molecule has 1 rings (SSSR count). The minimum Gasteiger partial charge on any atom is -0.466 e. The van der Waals surface area contributed by atoms with Gasteiger partial charge >= 0.3 is 5.97 Å². The maximum atomic E-state index is 11.3. The zero-order chi connectivity index (χ0) is 16.4. The molecule has 0 saturated heterocycles. The summed E-state index contributed by atoms with van der Waals surface area (Å²) < 4.78 is 4.89. The molecule has 0 fully saturated rings. The summed E-state index contributed by atoms with van der Waals surface area (Å²) in [6.45, 7) is 3.65. The fourth-order valence-electron chi connectivity index (χ4n) is 1.99. The number of hydrogen-bond acceptors (Lipinski definition) is 3. The maximum absolute atomic E-state index is 11.3. The first-order valence-electron chi connectivity index (χ1n) is 7.38. The van der Waals surface area contributed by atoms with Crippen LogP contribution in [0.3, 0.4) is 0 Å². The molecule has 0 saturated carbocycles. The van der Waals surface area contributed by atoms with Crippen LogP contribution >= 0.6 is 35.6 Å². The third-order valence-electron chi connectivity index (χ3n) is 3.05. The molecule has 23 heavy (non-hydrogen) atoms. The highest BCUT2D eigenvalue weighted by atomic mass is 127. The van der Waals surface area contributed by atoms with E-state index < -0.39 is 0 Å². The van der Waals surface area contributed by atoms with Gasteiger partial charge in [-0.2, -0.15) is 0 Å². The molecule has 1 aromatic rings. The molecule has 0 aliphatic rings. The van der Waals surface area contributed by atoms with Crippen LogP contribution in [0, 0.1) is 0 Å². The maximum Gasteiger partial charge on any atom is 0.305 e. The number of halogens is 2. The molecule has 1 aromatic carbocycles. The van der Waals surface area contributed by atoms with Gasteiger partial charge in [-0.05, 0) is 31.0 Å². The van der Waals surface area contributed by atoms with Gasteiger partial charge in [-0.15, -0.1) is 24.0 Å². The molecule has 5 nitrogen and oxygen atoms in total. The number of esters is 1. The first-order chi connectivity index (χ1) is 10.6. The summed E-state index contributed by atoms with van der Waals surface area (Å²) in [5, 5.41) is 3.97. The lowest BCUT2D eigenvalue weighted by atomic mass is 10.2. The van der Waals surface area contributed by atoms with Crippen molar-refractivity contribution in [1.82, 2.24) is 10.2 Å². The zero-order valence-corrected chi connectivity index (χ0v) is 16.9. The third-order valence-corrected chi connectivity index (χ3v) is 3.30. The summed E-state index contributed by atoms with van der Waals surface area (Å²) >= 11 is 5.88. The lowest BCUT2D eigenvalue weighted by Crippen LogP contribution is -2.39. The molecule has 7 heteroatoms. The molecular weight excluding hydrogens is 429 g/mol. The smallest absolute Gasteiger partial charge is 0.305 e. The van der Waals surface area contributed by atoms with Gasteiger partial charge < -0.3 is 15.0 Å². The normalized spacial score (nSPS) is 10.7. The summed E-state index contributed by atoms with van der Waals surface area (Å²) in [5.41, 5.74) is 1.15. The number of aliphatic imine (C=N–C) groups is 1. The second kappa shape index (κ2) is 12.4. The van der Waals surface area contributed by atoms with E-state index >= 15 is 0 Å². The Morgan fingerprint density at radius 1 is 1.35 bits per heavy atom. The summed E-state index contributed by atoms with van der Waals surface area (Å²) in [5.74, 6) is 0.632. The Bertz CT molecular complexity index is 495. The van der Waals surface area contributed by atoms with Crippen LogP contribution in [-0.4, -0.2) is 44.1 Å². The minimum absolute atomic E-state index is 0. The van der Waals surface area contributed by atoms with Crippen LogP contribution in [0.4, 0.5) is 0 Å². The van der Waals surface area contributed by atoms with Crippen molar-refractivity contribution in [3.8, 4) is 0 Å². The topological polar surface area (TPSA) is 53.9 Å². The monoisotopic (exact) mass is 453 g/mol. The molecule has 130 valence electrons. The Hall–Kier alpha value is -1.02. The third kappa shape index (κ3) is 9.00. The summed E-state index contributed by atoms with van der Waals surface area (Å²) in [4.78, 5) is 17.5. The van der Waals surface area contributed by atoms with Crippen molar-refractivity contribution < 1.29 is 9.53 Å². The first kappa shape index (κ1) is 22.0. The van der Waals surface area contributed by atoms with Gasteiger partial charge in [-0.3, -0.25) is 9.79 Å². The Labute approximate surface area is 160 Å². The van der Waals surface area contributed by atoms with Crippen LogP contribution in [0.2, 0.25) is 5.02 Å². The molecule has 0 aliphatic heterocycles. The van der Waals surface area contributed by atoms with Crippen molar-refractivity contribution in [2.24, 2.45) is 4.99 Å². The summed E-state index contributed by atoms with van der Waals surface area (Å²) in [7, 11) is 3.71. The van der Waals surface area contributed by atoms with Crippen LogP contribution in [0.25, 0.3) is 0 Å². The van der Waals surface area contributed by atoms with E-state index in [1.807, 2.05) is 43.1 Å². The Balaban J connectivity index is 0.00000484. The van der Waals surface area contributed by atoms with E-state index in [0.717, 1.165) is 23.1 Å². The number of nitrogens with one attached hydrogen (secondary N) is 1. The van der Waals surface area contributed by atoms with Gasteiger partial charge in [0, 0.05) is 38.6 Å². The van der Waals surface area contributed by atoms with Crippen LogP contribution in [0.5, 0.6) is 0 Å². The Morgan fingerprint density at radius 3 is 2.57 bits per heavy atom. The standard InChI is InChI=1S/C16H24ClN3O2.HI/c1-4-22-15(21)6-5-11-19-16(18-2)20(3)12-13-7-9-14(17)10-8-13;/h7-10H,4-6,11-12H2,1-3H3,(H,18,19);1H. The zero-order valence-electron chi connectivity index (χ0n) is 13.8. The largest absolute Gasteiger partial charge is 0.466 e. The van der Waals surface area contributed by atoms with Gasteiger partial charge in [0.25, 0.3) is 0 Å². The molecule has 0 amide bonds. The van der Waals surface area contributed by atoms with Gasteiger partial charge in [0.15, 0.2) is 5.96 Å². The summed E-state index contributed by atoms with van der Waals surface area (Å²) in [6.07, 6.45) is 1.13. The average molecular weight is 454 g/mol. The molecule has 0 aromatic heterocycles. The number of rotatable bonds is 7. The Morgan fingerprint density at radius 2 is 2.00 bits per heavy atom. The fourth-order valence-corrected chi connectivity index (χ4v) is 2.12. The average Bonchev–Trinajstić information content (AvgIpc) is 2.50. The van der Waals surface area contributed by atoms with Crippen molar-refractivity contribution >= 4 is 47.5 Å². The number of guanidine groups is 1. The van der Waals surface area contributed by atoms with Crippen LogP contribution in [0.15, 0.2) is 29.3 Å². The van der Waals surface area contributed by atoms with E-state index in [2.05, 4.69) is 10.3 Å². The second-order valence-electron chi connectivity index (χ2n) is 4.87. The molecule has 0 bridgehead atoms. The number of benzene rings is 1. The lowest BCUT2D eigenvalue weighted by molar-refractivity contribution is -0.143.